The fraction of sp³-hybridized carbons (Fsp3) is 0.538. The maximum atomic E-state index is 13.9. The largest absolute Gasteiger partial charge is 0.493 e. The second-order valence-corrected chi connectivity index (χ2v) is 4.30. The summed E-state index contributed by atoms with van der Waals surface area (Å²) in [5.74, 6) is 0.464. The van der Waals surface area contributed by atoms with Crippen LogP contribution in [0.4, 0.5) is 4.39 Å². The summed E-state index contributed by atoms with van der Waals surface area (Å²) in [4.78, 5) is 0. The van der Waals surface area contributed by atoms with Crippen molar-refractivity contribution in [3.05, 3.63) is 17.4 Å². The highest BCUT2D eigenvalue weighted by Crippen LogP contribution is 2.41. The zero-order chi connectivity index (χ0) is 13.1. The standard InChI is InChI=1S/C13H17FO4/c1-8(15)6-9-12(16-2)10(14)7-11-13(9)18-5-3-4-17-11/h7-8,15H,3-6H2,1-2H3. The maximum Gasteiger partial charge on any atom is 0.169 e. The van der Waals surface area contributed by atoms with Gasteiger partial charge in [-0.25, -0.2) is 4.39 Å². The van der Waals surface area contributed by atoms with Gasteiger partial charge < -0.3 is 19.3 Å². The summed E-state index contributed by atoms with van der Waals surface area (Å²) in [6.07, 6.45) is 0.385. The minimum atomic E-state index is -0.614. The molecule has 1 heterocycles. The summed E-state index contributed by atoms with van der Waals surface area (Å²) >= 11 is 0. The zero-order valence-electron chi connectivity index (χ0n) is 10.5. The molecular formula is C13H17FO4. The Hall–Kier alpha value is -1.49. The molecule has 1 aromatic rings. The molecule has 4 nitrogen and oxygen atoms in total. The van der Waals surface area contributed by atoms with E-state index >= 15 is 0 Å². The Morgan fingerprint density at radius 1 is 1.44 bits per heavy atom. The Bertz CT molecular complexity index is 431. The smallest absolute Gasteiger partial charge is 0.169 e. The van der Waals surface area contributed by atoms with Crippen LogP contribution in [0.1, 0.15) is 18.9 Å². The number of fused-ring (bicyclic) bond motifs is 1. The molecule has 1 N–H and O–H groups in total. The first kappa shape index (κ1) is 13.0. The van der Waals surface area contributed by atoms with Crippen LogP contribution in [-0.2, 0) is 6.42 Å². The summed E-state index contributed by atoms with van der Waals surface area (Å²) in [5.41, 5.74) is 0.518. The number of methoxy groups -OCH3 is 1. The first-order chi connectivity index (χ1) is 8.63. The van der Waals surface area contributed by atoms with Gasteiger partial charge in [0.1, 0.15) is 0 Å². The lowest BCUT2D eigenvalue weighted by molar-refractivity contribution is 0.191. The highest BCUT2D eigenvalue weighted by molar-refractivity contribution is 5.55. The molecule has 1 aromatic carbocycles. The Labute approximate surface area is 105 Å². The normalized spacial score (nSPS) is 16.0. The first-order valence-electron chi connectivity index (χ1n) is 5.96. The van der Waals surface area contributed by atoms with Crippen LogP contribution in [0.3, 0.4) is 0 Å². The average Bonchev–Trinajstić information content (AvgIpc) is 2.53. The van der Waals surface area contributed by atoms with Crippen LogP contribution in [0, 0.1) is 5.82 Å². The van der Waals surface area contributed by atoms with Crippen LogP contribution in [0.25, 0.3) is 0 Å². The second kappa shape index (κ2) is 5.44. The number of aliphatic hydroxyl groups is 1. The molecule has 1 unspecified atom stereocenters. The molecular weight excluding hydrogens is 239 g/mol. The number of halogens is 1. The van der Waals surface area contributed by atoms with Crippen molar-refractivity contribution in [3.63, 3.8) is 0 Å². The molecule has 5 heteroatoms. The third-order valence-corrected chi connectivity index (χ3v) is 2.74. The van der Waals surface area contributed by atoms with E-state index in [4.69, 9.17) is 14.2 Å². The average molecular weight is 256 g/mol. The van der Waals surface area contributed by atoms with Gasteiger partial charge in [-0.2, -0.15) is 0 Å². The summed E-state index contributed by atoms with van der Waals surface area (Å²) in [5, 5.41) is 9.51. The van der Waals surface area contributed by atoms with Crippen molar-refractivity contribution in [3.8, 4) is 17.2 Å². The Balaban J connectivity index is 2.53. The monoisotopic (exact) mass is 256 g/mol. The van der Waals surface area contributed by atoms with E-state index in [1.165, 1.54) is 13.2 Å². The highest BCUT2D eigenvalue weighted by atomic mass is 19.1. The van der Waals surface area contributed by atoms with Gasteiger partial charge in [-0.05, 0) is 6.92 Å². The van der Waals surface area contributed by atoms with Gasteiger partial charge in [-0.1, -0.05) is 0 Å². The molecule has 0 aromatic heterocycles. The van der Waals surface area contributed by atoms with Crippen LogP contribution in [0.2, 0.25) is 0 Å². The molecule has 0 saturated heterocycles. The number of ether oxygens (including phenoxy) is 3. The zero-order valence-corrected chi connectivity index (χ0v) is 10.5. The summed E-state index contributed by atoms with van der Waals surface area (Å²) in [6, 6.07) is 1.27. The van der Waals surface area contributed by atoms with Gasteiger partial charge in [-0.3, -0.25) is 0 Å². The minimum Gasteiger partial charge on any atom is -0.493 e. The van der Waals surface area contributed by atoms with E-state index in [0.717, 1.165) is 6.42 Å². The number of hydrogen-bond acceptors (Lipinski definition) is 4. The minimum absolute atomic E-state index is 0.111. The summed E-state index contributed by atoms with van der Waals surface area (Å²) in [6.45, 7) is 2.63. The lowest BCUT2D eigenvalue weighted by Crippen LogP contribution is -2.09. The van der Waals surface area contributed by atoms with Gasteiger partial charge in [0, 0.05) is 24.5 Å². The topological polar surface area (TPSA) is 47.9 Å². The van der Waals surface area contributed by atoms with Crippen LogP contribution in [0.15, 0.2) is 6.07 Å². The fourth-order valence-corrected chi connectivity index (χ4v) is 2.02. The van der Waals surface area contributed by atoms with Gasteiger partial charge in [0.2, 0.25) is 0 Å². The third-order valence-electron chi connectivity index (χ3n) is 2.74. The molecule has 2 rings (SSSR count). The van der Waals surface area contributed by atoms with Crippen LogP contribution >= 0.6 is 0 Å². The third kappa shape index (κ3) is 2.51. The Morgan fingerprint density at radius 2 is 2.17 bits per heavy atom. The first-order valence-corrected chi connectivity index (χ1v) is 5.96. The quantitative estimate of drug-likeness (QED) is 0.897. The van der Waals surface area contributed by atoms with Crippen molar-refractivity contribution >= 4 is 0 Å². The number of rotatable bonds is 3. The van der Waals surface area contributed by atoms with E-state index in [2.05, 4.69) is 0 Å². The Kier molecular flexibility index (Phi) is 3.91. The van der Waals surface area contributed by atoms with Crippen LogP contribution < -0.4 is 14.2 Å². The van der Waals surface area contributed by atoms with Gasteiger partial charge in [0.25, 0.3) is 0 Å². The van der Waals surface area contributed by atoms with Crippen molar-refractivity contribution < 1.29 is 23.7 Å². The molecule has 1 aliphatic rings. The number of benzene rings is 1. The molecule has 0 fully saturated rings. The van der Waals surface area contributed by atoms with E-state index in [1.807, 2.05) is 0 Å². The van der Waals surface area contributed by atoms with Gasteiger partial charge in [0.15, 0.2) is 23.1 Å². The maximum absolute atomic E-state index is 13.9. The lowest BCUT2D eigenvalue weighted by Gasteiger charge is -2.17. The molecule has 0 amide bonds. The summed E-state index contributed by atoms with van der Waals surface area (Å²) in [7, 11) is 1.40. The second-order valence-electron chi connectivity index (χ2n) is 4.30. The molecule has 18 heavy (non-hydrogen) atoms. The highest BCUT2D eigenvalue weighted by Gasteiger charge is 2.23. The molecule has 0 saturated carbocycles. The van der Waals surface area contributed by atoms with Crippen molar-refractivity contribution in [2.45, 2.75) is 25.9 Å². The summed E-state index contributed by atoms with van der Waals surface area (Å²) < 4.78 is 30.0. The predicted octanol–water partition coefficient (Wildman–Crippen LogP) is 1.92. The van der Waals surface area contributed by atoms with Crippen LogP contribution in [0.5, 0.6) is 17.2 Å². The van der Waals surface area contributed by atoms with Gasteiger partial charge in [-0.15, -0.1) is 0 Å². The molecule has 1 atom stereocenters. The molecule has 1 aliphatic heterocycles. The molecule has 100 valence electrons. The molecule has 0 spiro atoms. The SMILES string of the molecule is COc1c(F)cc2c(c1CC(C)O)OCCCO2. The lowest BCUT2D eigenvalue weighted by atomic mass is 10.0. The predicted molar refractivity (Wildman–Crippen MR) is 63.9 cm³/mol. The van der Waals surface area contributed by atoms with E-state index in [0.29, 0.717) is 30.3 Å². The van der Waals surface area contributed by atoms with E-state index in [-0.39, 0.29) is 12.2 Å². The Morgan fingerprint density at radius 3 is 2.83 bits per heavy atom. The molecule has 0 bridgehead atoms. The molecule has 0 aliphatic carbocycles. The van der Waals surface area contributed by atoms with Crippen molar-refractivity contribution in [1.82, 2.24) is 0 Å². The van der Waals surface area contributed by atoms with Crippen LogP contribution in [-0.4, -0.2) is 31.5 Å². The van der Waals surface area contributed by atoms with Crippen molar-refractivity contribution in [2.75, 3.05) is 20.3 Å². The van der Waals surface area contributed by atoms with Crippen molar-refractivity contribution in [2.24, 2.45) is 0 Å². The van der Waals surface area contributed by atoms with E-state index in [1.54, 1.807) is 6.92 Å². The molecule has 0 radical (unpaired) electrons. The van der Waals surface area contributed by atoms with E-state index < -0.39 is 11.9 Å². The van der Waals surface area contributed by atoms with Gasteiger partial charge >= 0.3 is 0 Å². The number of aliphatic hydroxyl groups excluding tert-OH is 1. The number of hydrogen-bond donors (Lipinski definition) is 1. The van der Waals surface area contributed by atoms with Gasteiger partial charge in [0.05, 0.1) is 26.4 Å². The van der Waals surface area contributed by atoms with Crippen molar-refractivity contribution in [1.29, 1.82) is 0 Å². The fourth-order valence-electron chi connectivity index (χ4n) is 2.02. The van der Waals surface area contributed by atoms with E-state index in [9.17, 15) is 9.50 Å².